The molecule has 1 aliphatic rings. The van der Waals surface area contributed by atoms with E-state index in [0.717, 1.165) is 16.7 Å². The molecular weight excluding hydrogens is 580 g/mol. The lowest BCUT2D eigenvalue weighted by Crippen LogP contribution is -2.41. The van der Waals surface area contributed by atoms with Gasteiger partial charge in [-0.05, 0) is 47.9 Å². The zero-order valence-electron chi connectivity index (χ0n) is 25.7. The molecule has 0 saturated carbocycles. The Balaban J connectivity index is 1.56. The summed E-state index contributed by atoms with van der Waals surface area (Å²) in [6, 6.07) is 24.9. The Morgan fingerprint density at radius 1 is 0.844 bits per heavy atom. The predicted octanol–water partition coefficient (Wildman–Crippen LogP) is 3.16. The van der Waals surface area contributed by atoms with Gasteiger partial charge in [-0.2, -0.15) is 0 Å². The first-order valence-electron chi connectivity index (χ1n) is 14.6. The van der Waals surface area contributed by atoms with E-state index in [9.17, 15) is 14.7 Å². The number of aromatic amines is 1. The third-order valence-corrected chi connectivity index (χ3v) is 7.97. The molecule has 1 aliphatic heterocycles. The van der Waals surface area contributed by atoms with Gasteiger partial charge in [-0.25, -0.2) is 4.79 Å². The van der Waals surface area contributed by atoms with Crippen LogP contribution in [0.3, 0.4) is 0 Å². The zero-order valence-corrected chi connectivity index (χ0v) is 25.7. The Morgan fingerprint density at radius 3 is 1.98 bits per heavy atom. The van der Waals surface area contributed by atoms with Crippen molar-refractivity contribution in [2.24, 2.45) is 0 Å². The summed E-state index contributed by atoms with van der Waals surface area (Å²) in [6.45, 7) is 1.91. The summed E-state index contributed by atoms with van der Waals surface area (Å²) in [7, 11) is 4.75. The second-order valence-corrected chi connectivity index (χ2v) is 10.7. The highest BCUT2D eigenvalue weighted by molar-refractivity contribution is 5.49. The third-order valence-electron chi connectivity index (χ3n) is 7.97. The van der Waals surface area contributed by atoms with Gasteiger partial charge < -0.3 is 33.5 Å². The number of methoxy groups -OCH3 is 3. The molecule has 0 amide bonds. The van der Waals surface area contributed by atoms with Crippen LogP contribution in [0, 0.1) is 6.92 Å². The Kier molecular flexibility index (Phi) is 10.2. The van der Waals surface area contributed by atoms with Crippen LogP contribution in [-0.4, -0.2) is 74.1 Å². The minimum atomic E-state index is -1.19. The van der Waals surface area contributed by atoms with Gasteiger partial charge in [-0.3, -0.25) is 14.3 Å². The van der Waals surface area contributed by atoms with Crippen LogP contribution in [0.1, 0.15) is 28.5 Å². The molecule has 4 aromatic rings. The number of ether oxygens (including phenoxy) is 6. The van der Waals surface area contributed by atoms with Crippen molar-refractivity contribution in [3.63, 3.8) is 0 Å². The lowest BCUT2D eigenvalue weighted by molar-refractivity contribution is -0.0994. The Labute approximate surface area is 260 Å². The van der Waals surface area contributed by atoms with E-state index in [-0.39, 0.29) is 19.8 Å². The van der Waals surface area contributed by atoms with Gasteiger partial charge in [0.05, 0.1) is 34.0 Å². The van der Waals surface area contributed by atoms with E-state index in [1.54, 1.807) is 21.1 Å². The molecule has 3 aromatic carbocycles. The van der Waals surface area contributed by atoms with Crippen molar-refractivity contribution in [2.75, 3.05) is 41.2 Å². The van der Waals surface area contributed by atoms with Crippen LogP contribution in [0.25, 0.3) is 0 Å². The summed E-state index contributed by atoms with van der Waals surface area (Å²) in [5.41, 5.74) is 0.430. The van der Waals surface area contributed by atoms with E-state index in [2.05, 4.69) is 4.98 Å². The van der Waals surface area contributed by atoms with E-state index in [1.165, 1.54) is 17.9 Å². The van der Waals surface area contributed by atoms with Crippen LogP contribution in [0.5, 0.6) is 11.5 Å². The van der Waals surface area contributed by atoms with Crippen molar-refractivity contribution in [3.8, 4) is 11.5 Å². The largest absolute Gasteiger partial charge is 0.497 e. The Bertz CT molecular complexity index is 1610. The third kappa shape index (κ3) is 6.58. The summed E-state index contributed by atoms with van der Waals surface area (Å²) in [5, 5.41) is 11.5. The number of hydrogen-bond donors (Lipinski definition) is 2. The van der Waals surface area contributed by atoms with Crippen molar-refractivity contribution in [1.82, 2.24) is 9.55 Å². The minimum absolute atomic E-state index is 0.0914. The second-order valence-electron chi connectivity index (χ2n) is 10.7. The topological polar surface area (TPSA) is 130 Å². The number of benzene rings is 3. The van der Waals surface area contributed by atoms with Crippen LogP contribution in [0.4, 0.5) is 0 Å². The molecule has 1 fully saturated rings. The monoisotopic (exact) mass is 618 g/mol. The molecule has 2 unspecified atom stereocenters. The number of rotatable bonds is 13. The quantitative estimate of drug-likeness (QED) is 0.171. The van der Waals surface area contributed by atoms with E-state index >= 15 is 0 Å². The summed E-state index contributed by atoms with van der Waals surface area (Å²) < 4.78 is 36.4. The van der Waals surface area contributed by atoms with Crippen molar-refractivity contribution in [1.29, 1.82) is 0 Å². The molecule has 2 heterocycles. The van der Waals surface area contributed by atoms with Crippen LogP contribution in [0.15, 0.2) is 94.6 Å². The molecule has 5 rings (SSSR count). The maximum Gasteiger partial charge on any atom is 0.330 e. The van der Waals surface area contributed by atoms with Gasteiger partial charge in [0.1, 0.15) is 35.4 Å². The number of H-pyrrole nitrogens is 1. The molecule has 4 atom stereocenters. The molecule has 0 aliphatic carbocycles. The van der Waals surface area contributed by atoms with Gasteiger partial charge in [-0.15, -0.1) is 0 Å². The number of aryl methyl sites for hydroxylation is 1. The standard InChI is InChI=1S/C34H38N2O9/c1-22-20-36(33(39)35-31(22)38)32-30(43-19-18-40-2)29(37)28(45-32)21-44-34(23-8-6-5-7-9-23,24-10-14-26(41-3)15-11-24)25-12-16-27(42-4)17-13-25/h5-17,20,28-30,32,37H,18-19,21H2,1-4H3,(H,35,38,39)/t28-,29?,30?,32-/m0/s1. The van der Waals surface area contributed by atoms with E-state index < -0.39 is 41.4 Å². The fraction of sp³-hybridized carbons (Fsp3) is 0.353. The second kappa shape index (κ2) is 14.2. The Morgan fingerprint density at radius 2 is 1.42 bits per heavy atom. The van der Waals surface area contributed by atoms with Gasteiger partial charge in [0.15, 0.2) is 6.23 Å². The van der Waals surface area contributed by atoms with Crippen LogP contribution in [-0.2, 0) is 24.5 Å². The lowest BCUT2D eigenvalue weighted by Gasteiger charge is -2.37. The number of aliphatic hydroxyl groups excluding tert-OH is 1. The number of aromatic nitrogens is 2. The smallest absolute Gasteiger partial charge is 0.330 e. The molecule has 0 bridgehead atoms. The van der Waals surface area contributed by atoms with Crippen LogP contribution in [0.2, 0.25) is 0 Å². The first-order valence-corrected chi connectivity index (χ1v) is 14.6. The normalized spacial score (nSPS) is 19.8. The molecule has 11 nitrogen and oxygen atoms in total. The first kappa shape index (κ1) is 32.1. The highest BCUT2D eigenvalue weighted by Crippen LogP contribution is 2.43. The molecule has 45 heavy (non-hydrogen) atoms. The lowest BCUT2D eigenvalue weighted by atomic mass is 9.80. The average Bonchev–Trinajstić information content (AvgIpc) is 3.38. The van der Waals surface area contributed by atoms with Gasteiger partial charge in [0.25, 0.3) is 5.56 Å². The van der Waals surface area contributed by atoms with Crippen LogP contribution >= 0.6 is 0 Å². The molecular formula is C34H38N2O9. The summed E-state index contributed by atoms with van der Waals surface area (Å²) >= 11 is 0. The molecule has 11 heteroatoms. The zero-order chi connectivity index (χ0) is 32.0. The van der Waals surface area contributed by atoms with Gasteiger partial charge >= 0.3 is 5.69 Å². The highest BCUT2D eigenvalue weighted by Gasteiger charge is 2.48. The Hall–Kier alpha value is -4.26. The maximum absolute atomic E-state index is 12.9. The van der Waals surface area contributed by atoms with E-state index in [4.69, 9.17) is 28.4 Å². The molecule has 238 valence electrons. The van der Waals surface area contributed by atoms with Gasteiger partial charge in [-0.1, -0.05) is 54.6 Å². The number of nitrogens with one attached hydrogen (secondary N) is 1. The average molecular weight is 619 g/mol. The SMILES string of the molecule is COCCOC1C(O)[C@H](COC(c2ccccc2)(c2ccc(OC)cc2)c2ccc(OC)cc2)O[C@@H]1n1cc(C)c(=O)[nH]c1=O. The van der Waals surface area contributed by atoms with Gasteiger partial charge in [0.2, 0.25) is 0 Å². The highest BCUT2D eigenvalue weighted by atomic mass is 16.6. The van der Waals surface area contributed by atoms with Crippen molar-refractivity contribution in [3.05, 3.63) is 128 Å². The number of aliphatic hydroxyl groups is 1. The van der Waals surface area contributed by atoms with E-state index in [0.29, 0.717) is 17.1 Å². The fourth-order valence-electron chi connectivity index (χ4n) is 5.58. The van der Waals surface area contributed by atoms with Crippen molar-refractivity contribution < 1.29 is 33.5 Å². The molecule has 1 saturated heterocycles. The first-order chi connectivity index (χ1) is 21.8. The van der Waals surface area contributed by atoms with E-state index in [1.807, 2.05) is 78.9 Å². The van der Waals surface area contributed by atoms with Crippen molar-refractivity contribution >= 4 is 0 Å². The number of hydrogen-bond acceptors (Lipinski definition) is 9. The summed E-state index contributed by atoms with van der Waals surface area (Å²) in [4.78, 5) is 27.2. The molecule has 0 spiro atoms. The minimum Gasteiger partial charge on any atom is -0.497 e. The fourth-order valence-corrected chi connectivity index (χ4v) is 5.58. The summed E-state index contributed by atoms with van der Waals surface area (Å²) in [5.74, 6) is 1.37. The maximum atomic E-state index is 12.9. The number of nitrogens with zero attached hydrogens (tertiary/aromatic N) is 1. The van der Waals surface area contributed by atoms with Gasteiger partial charge in [0, 0.05) is 18.9 Å². The van der Waals surface area contributed by atoms with Crippen molar-refractivity contribution in [2.45, 2.75) is 37.1 Å². The molecule has 1 aromatic heterocycles. The molecule has 0 radical (unpaired) electrons. The summed E-state index contributed by atoms with van der Waals surface area (Å²) in [6.07, 6.45) is -2.70. The van der Waals surface area contributed by atoms with Crippen LogP contribution < -0.4 is 20.7 Å². The molecule has 2 N–H and O–H groups in total. The predicted molar refractivity (Wildman–Crippen MR) is 166 cm³/mol.